The number of aromatic hydroxyl groups is 2. The first-order valence-corrected chi connectivity index (χ1v) is 20.3. The second-order valence-electron chi connectivity index (χ2n) is 15.7. The topological polar surface area (TPSA) is 264 Å². The van der Waals surface area contributed by atoms with Crippen LogP contribution in [-0.4, -0.2) is 142 Å². The molecule has 63 heavy (non-hydrogen) atoms. The molecule has 7 atom stereocenters. The molecule has 3 aliphatic heterocycles. The third-order valence-corrected chi connectivity index (χ3v) is 12.4. The monoisotopic (exact) mass is 890 g/mol. The van der Waals surface area contributed by atoms with Gasteiger partial charge in [-0.3, -0.25) is 28.9 Å². The molecule has 19 nitrogen and oxygen atoms in total. The van der Waals surface area contributed by atoms with E-state index in [0.29, 0.717) is 19.7 Å². The number of morpholine rings is 1. The maximum absolute atomic E-state index is 14.2. The van der Waals surface area contributed by atoms with E-state index >= 15 is 0 Å². The standard InChI is InChI=1S/C43H43ClN4O15/c1-19-37(52)25(47-11-12-61-32(17-47)60-3)14-31(62-19)63-27-16-43(58,28(18-49)45-46-42(57)21-8-7-20(13-24(21)44)48-29(50)9-10-30(48)51)15-23-34(27)41(56)36-35(39(23)54)38(53)22-5-4-6-26(59-2)33(22)40(36)55/h4-10,13,19,25,27,31-32,37,49,52,54,56,58H,11-12,14-18H2,1-3H3,(H,46,57)/b45-28+/t19-,25?,27-,31-,32+,37+,43-/m0/s1. The molecular formula is C43H43ClN4O15. The van der Waals surface area contributed by atoms with Gasteiger partial charge in [-0.2, -0.15) is 5.10 Å². The molecule has 2 aliphatic carbocycles. The van der Waals surface area contributed by atoms with Crippen molar-refractivity contribution in [1.29, 1.82) is 0 Å². The van der Waals surface area contributed by atoms with Crippen molar-refractivity contribution in [2.24, 2.45) is 5.10 Å². The quantitative estimate of drug-likeness (QED) is 0.0572. The molecule has 6 N–H and O–H groups in total. The number of hydrogen-bond acceptors (Lipinski definition) is 17. The van der Waals surface area contributed by atoms with Crippen LogP contribution in [0.5, 0.6) is 17.2 Å². The van der Waals surface area contributed by atoms with Gasteiger partial charge in [0.1, 0.15) is 22.8 Å². The van der Waals surface area contributed by atoms with Crippen LogP contribution >= 0.6 is 11.6 Å². The van der Waals surface area contributed by atoms with E-state index < -0.39 is 120 Å². The number of hydrogen-bond donors (Lipinski definition) is 6. The van der Waals surface area contributed by atoms with E-state index in [-0.39, 0.29) is 50.7 Å². The fourth-order valence-corrected chi connectivity index (χ4v) is 9.20. The highest BCUT2D eigenvalue weighted by atomic mass is 35.5. The first-order valence-electron chi connectivity index (χ1n) is 19.9. The number of carbonyl (C=O) groups excluding carboxylic acids is 5. The molecule has 3 aromatic carbocycles. The lowest BCUT2D eigenvalue weighted by Crippen LogP contribution is -2.59. The summed E-state index contributed by atoms with van der Waals surface area (Å²) in [6.07, 6.45) is -3.85. The fourth-order valence-electron chi connectivity index (χ4n) is 8.94. The molecule has 5 aliphatic rings. The molecule has 0 bridgehead atoms. The normalized spacial score (nSPS) is 27.3. The number of anilines is 1. The minimum atomic E-state index is -2.28. The Bertz CT molecular complexity index is 2480. The van der Waals surface area contributed by atoms with Crippen molar-refractivity contribution in [3.05, 3.63) is 92.5 Å². The van der Waals surface area contributed by atoms with Crippen LogP contribution in [-0.2, 0) is 35.0 Å². The fraction of sp³-hybridized carbons (Fsp3) is 0.395. The Balaban J connectivity index is 1.16. The zero-order valence-electron chi connectivity index (χ0n) is 34.1. The van der Waals surface area contributed by atoms with Crippen LogP contribution in [0.2, 0.25) is 5.02 Å². The summed E-state index contributed by atoms with van der Waals surface area (Å²) in [6.45, 7) is 1.76. The van der Waals surface area contributed by atoms with Crippen molar-refractivity contribution in [2.45, 2.75) is 68.7 Å². The first kappa shape index (κ1) is 44.0. The van der Waals surface area contributed by atoms with Crippen LogP contribution in [0.1, 0.15) is 79.2 Å². The van der Waals surface area contributed by atoms with Gasteiger partial charge in [0.05, 0.1) is 77.3 Å². The molecule has 2 saturated heterocycles. The average Bonchev–Trinajstić information content (AvgIpc) is 3.61. The summed E-state index contributed by atoms with van der Waals surface area (Å²) >= 11 is 6.40. The number of benzene rings is 3. The molecule has 0 spiro atoms. The van der Waals surface area contributed by atoms with Crippen molar-refractivity contribution in [3.63, 3.8) is 0 Å². The van der Waals surface area contributed by atoms with E-state index in [1.54, 1.807) is 6.92 Å². The molecule has 3 aromatic rings. The highest BCUT2D eigenvalue weighted by Gasteiger charge is 2.50. The molecule has 0 saturated carbocycles. The number of phenolic OH excluding ortho intramolecular Hbond substituents is 2. The molecule has 3 heterocycles. The van der Waals surface area contributed by atoms with Gasteiger partial charge in [0.25, 0.3) is 17.7 Å². The van der Waals surface area contributed by atoms with Gasteiger partial charge in [-0.25, -0.2) is 10.3 Å². The lowest BCUT2D eigenvalue weighted by Gasteiger charge is -2.47. The number of hydrazone groups is 1. The lowest BCUT2D eigenvalue weighted by atomic mass is 9.71. The van der Waals surface area contributed by atoms with Crippen molar-refractivity contribution < 1.29 is 73.2 Å². The summed E-state index contributed by atoms with van der Waals surface area (Å²) in [5, 5.41) is 62.5. The van der Waals surface area contributed by atoms with Gasteiger partial charge >= 0.3 is 0 Å². The molecule has 0 radical (unpaired) electrons. The lowest BCUT2D eigenvalue weighted by molar-refractivity contribution is -0.265. The summed E-state index contributed by atoms with van der Waals surface area (Å²) in [7, 11) is 2.81. The van der Waals surface area contributed by atoms with Crippen LogP contribution in [0.15, 0.2) is 53.7 Å². The molecule has 1 unspecified atom stereocenters. The number of methoxy groups -OCH3 is 2. The summed E-state index contributed by atoms with van der Waals surface area (Å²) < 4.78 is 29.1. The second kappa shape index (κ2) is 17.2. The molecule has 3 amide bonds. The Kier molecular flexibility index (Phi) is 12.0. The maximum Gasteiger partial charge on any atom is 0.272 e. The smallest absolute Gasteiger partial charge is 0.272 e. The Labute approximate surface area is 364 Å². The minimum Gasteiger partial charge on any atom is -0.507 e. The summed E-state index contributed by atoms with van der Waals surface area (Å²) in [6, 6.07) is 7.57. The minimum absolute atomic E-state index is 0.0546. The van der Waals surface area contributed by atoms with E-state index in [1.165, 1.54) is 50.6 Å². The SMILES string of the molecule is COc1cccc2c1C(=O)c1c(O)c3c(c(O)c1C2=O)C[C@@](O)(/C(CO)=N/NC(=O)c1ccc(N2C(=O)C=CC2=O)cc1Cl)C[C@@H]3O[C@H]1CC(N2CCO[C@@H](OC)C2)[C@H](O)[C@H](C)O1. The number of nitrogens with zero attached hydrogens (tertiary/aromatic N) is 3. The highest BCUT2D eigenvalue weighted by Crippen LogP contribution is 2.53. The number of ether oxygens (including phenoxy) is 5. The van der Waals surface area contributed by atoms with Gasteiger partial charge in [-0.1, -0.05) is 23.7 Å². The molecule has 20 heteroatoms. The van der Waals surface area contributed by atoms with E-state index in [1.807, 2.05) is 4.90 Å². The van der Waals surface area contributed by atoms with Gasteiger partial charge in [-0.05, 0) is 31.2 Å². The van der Waals surface area contributed by atoms with Gasteiger partial charge in [0.2, 0.25) is 5.78 Å². The Morgan fingerprint density at radius 3 is 2.43 bits per heavy atom. The van der Waals surface area contributed by atoms with Crippen molar-refractivity contribution in [3.8, 4) is 17.2 Å². The van der Waals surface area contributed by atoms with Crippen LogP contribution in [0.25, 0.3) is 0 Å². The zero-order valence-corrected chi connectivity index (χ0v) is 34.8. The van der Waals surface area contributed by atoms with E-state index in [2.05, 4.69) is 10.5 Å². The van der Waals surface area contributed by atoms with Crippen molar-refractivity contribution in [2.75, 3.05) is 45.4 Å². The van der Waals surface area contributed by atoms with Crippen molar-refractivity contribution in [1.82, 2.24) is 10.3 Å². The highest BCUT2D eigenvalue weighted by molar-refractivity contribution is 6.35. The Morgan fingerprint density at radius 1 is 1.02 bits per heavy atom. The third-order valence-electron chi connectivity index (χ3n) is 12.1. The number of ketones is 2. The summed E-state index contributed by atoms with van der Waals surface area (Å²) in [5.41, 5.74) is -2.18. The molecular weight excluding hydrogens is 848 g/mol. The molecule has 2 fully saturated rings. The number of carbonyl (C=O) groups is 5. The van der Waals surface area contributed by atoms with Crippen LogP contribution in [0, 0.1) is 0 Å². The molecule has 0 aromatic heterocycles. The molecule has 8 rings (SSSR count). The number of phenols is 2. The summed E-state index contributed by atoms with van der Waals surface area (Å²) in [5.74, 6) is -5.16. The predicted octanol–water partition coefficient (Wildman–Crippen LogP) is 1.65. The van der Waals surface area contributed by atoms with E-state index in [9.17, 15) is 49.5 Å². The number of imide groups is 1. The summed E-state index contributed by atoms with van der Waals surface area (Å²) in [4.78, 5) is 68.9. The number of rotatable bonds is 10. The zero-order chi connectivity index (χ0) is 45.1. The first-order chi connectivity index (χ1) is 30.1. The Hall–Kier alpha value is -5.61. The van der Waals surface area contributed by atoms with E-state index in [4.69, 9.17) is 35.3 Å². The number of aliphatic hydroxyl groups is 3. The number of amides is 3. The average molecular weight is 891 g/mol. The van der Waals surface area contributed by atoms with Gasteiger partial charge in [0.15, 0.2) is 18.4 Å². The third kappa shape index (κ3) is 7.68. The number of nitrogens with one attached hydrogen (secondary N) is 1. The van der Waals surface area contributed by atoms with Crippen molar-refractivity contribution >= 4 is 52.3 Å². The largest absolute Gasteiger partial charge is 0.507 e. The van der Waals surface area contributed by atoms with E-state index in [0.717, 1.165) is 17.1 Å². The number of aliphatic hydroxyl groups excluding tert-OH is 2. The van der Waals surface area contributed by atoms with Crippen LogP contribution in [0.3, 0.4) is 0 Å². The van der Waals surface area contributed by atoms with Crippen LogP contribution in [0.4, 0.5) is 5.69 Å². The number of halogens is 1. The Morgan fingerprint density at radius 2 is 1.75 bits per heavy atom. The molecule has 332 valence electrons. The maximum atomic E-state index is 14.2. The predicted molar refractivity (Wildman–Crippen MR) is 219 cm³/mol. The second-order valence-corrected chi connectivity index (χ2v) is 16.1. The number of fused-ring (bicyclic) bond motifs is 3. The van der Waals surface area contributed by atoms with Gasteiger partial charge in [0, 0.05) is 74.3 Å². The van der Waals surface area contributed by atoms with Crippen LogP contribution < -0.4 is 15.1 Å². The van der Waals surface area contributed by atoms with Gasteiger partial charge in [-0.15, -0.1) is 0 Å². The van der Waals surface area contributed by atoms with Gasteiger partial charge < -0.3 is 49.2 Å².